The molecule has 0 radical (unpaired) electrons. The average Bonchev–Trinajstić information content (AvgIpc) is 3.06. The number of nitrogens with zero attached hydrogens (tertiary/aromatic N) is 3. The minimum Gasteiger partial charge on any atom is -0.356 e. The van der Waals surface area contributed by atoms with Crippen LogP contribution in [0.25, 0.3) is 0 Å². The number of guanidine groups is 1. The van der Waals surface area contributed by atoms with Crippen molar-refractivity contribution in [3.63, 3.8) is 0 Å². The summed E-state index contributed by atoms with van der Waals surface area (Å²) in [6.45, 7) is 5.83. The number of hydrogen-bond acceptors (Lipinski definition) is 4. The third-order valence-electron chi connectivity index (χ3n) is 5.03. The van der Waals surface area contributed by atoms with Gasteiger partial charge in [0, 0.05) is 39.3 Å². The molecule has 2 heterocycles. The first-order valence-electron chi connectivity index (χ1n) is 8.93. The lowest BCUT2D eigenvalue weighted by Crippen LogP contribution is -2.52. The number of likely N-dealkylation sites (tertiary alicyclic amines) is 1. The van der Waals surface area contributed by atoms with Gasteiger partial charge in [-0.15, -0.1) is 24.0 Å². The number of aliphatic imine (C=N–C) groups is 1. The van der Waals surface area contributed by atoms with Crippen LogP contribution in [0.3, 0.4) is 0 Å². The summed E-state index contributed by atoms with van der Waals surface area (Å²) in [4.78, 5) is 6.55. The second-order valence-electron chi connectivity index (χ2n) is 6.77. The van der Waals surface area contributed by atoms with E-state index in [1.54, 1.807) is 7.05 Å². The van der Waals surface area contributed by atoms with Crippen molar-refractivity contribution in [1.29, 1.82) is 0 Å². The molecule has 2 fully saturated rings. The lowest BCUT2D eigenvalue weighted by Gasteiger charge is -2.32. The van der Waals surface area contributed by atoms with Crippen molar-refractivity contribution in [3.8, 4) is 0 Å². The third-order valence-corrected chi connectivity index (χ3v) is 6.66. The molecule has 2 saturated heterocycles. The largest absolute Gasteiger partial charge is 0.511 e. The molecular weight excluding hydrogens is 498 g/mol. The highest BCUT2D eigenvalue weighted by molar-refractivity contribution is 14.0. The van der Waals surface area contributed by atoms with Crippen LogP contribution in [0.5, 0.6) is 0 Å². The van der Waals surface area contributed by atoms with Crippen LogP contribution in [0.2, 0.25) is 0 Å². The highest BCUT2D eigenvalue weighted by Crippen LogP contribution is 2.28. The first-order valence-corrected chi connectivity index (χ1v) is 10.4. The van der Waals surface area contributed by atoms with Gasteiger partial charge in [-0.05, 0) is 38.3 Å². The Kier molecular flexibility index (Phi) is 9.55. The van der Waals surface area contributed by atoms with Gasteiger partial charge in [0.25, 0.3) is 0 Å². The van der Waals surface area contributed by atoms with E-state index in [0.29, 0.717) is 29.0 Å². The number of alkyl halides is 3. The van der Waals surface area contributed by atoms with Gasteiger partial charge >= 0.3 is 15.5 Å². The maximum Gasteiger partial charge on any atom is 0.511 e. The number of halogens is 4. The van der Waals surface area contributed by atoms with Crippen molar-refractivity contribution < 1.29 is 21.6 Å². The second kappa shape index (κ2) is 10.4. The maximum atomic E-state index is 12.6. The number of nitrogens with one attached hydrogen (secondary N) is 2. The summed E-state index contributed by atoms with van der Waals surface area (Å²) in [5.74, 6) is 1.16. The van der Waals surface area contributed by atoms with Crippen LogP contribution < -0.4 is 10.6 Å². The number of piperidine rings is 1. The average molecular weight is 527 g/mol. The number of rotatable bonds is 5. The molecule has 0 spiro atoms. The summed E-state index contributed by atoms with van der Waals surface area (Å²) in [5.41, 5.74) is -5.24. The highest BCUT2D eigenvalue weighted by Gasteiger charge is 2.50. The molecule has 0 aromatic carbocycles. The van der Waals surface area contributed by atoms with Gasteiger partial charge in [0.1, 0.15) is 0 Å². The Hall–Kier alpha value is -0.340. The molecule has 0 saturated carbocycles. The van der Waals surface area contributed by atoms with E-state index in [4.69, 9.17) is 0 Å². The fourth-order valence-corrected chi connectivity index (χ4v) is 4.37. The number of sulfonamides is 1. The molecule has 12 heteroatoms. The van der Waals surface area contributed by atoms with E-state index >= 15 is 0 Å². The van der Waals surface area contributed by atoms with Crippen LogP contribution in [-0.2, 0) is 10.0 Å². The normalized spacial score (nSPS) is 23.9. The van der Waals surface area contributed by atoms with E-state index in [-0.39, 0.29) is 43.1 Å². The summed E-state index contributed by atoms with van der Waals surface area (Å²) in [7, 11) is -3.59. The molecule has 2 aliphatic heterocycles. The van der Waals surface area contributed by atoms with E-state index in [0.717, 1.165) is 32.6 Å². The van der Waals surface area contributed by atoms with Crippen LogP contribution in [-0.4, -0.2) is 81.4 Å². The Labute approximate surface area is 176 Å². The molecule has 0 aromatic heterocycles. The van der Waals surface area contributed by atoms with E-state index in [1.165, 1.54) is 0 Å². The molecule has 1 unspecified atom stereocenters. The summed E-state index contributed by atoms with van der Waals surface area (Å²) >= 11 is 0. The minimum absolute atomic E-state index is 0. The molecule has 160 valence electrons. The summed E-state index contributed by atoms with van der Waals surface area (Å²) < 4.78 is 61.2. The first-order chi connectivity index (χ1) is 12.2. The van der Waals surface area contributed by atoms with Gasteiger partial charge in [0.2, 0.25) is 0 Å². The Morgan fingerprint density at radius 3 is 2.30 bits per heavy atom. The first kappa shape index (κ1) is 24.7. The van der Waals surface area contributed by atoms with Crippen molar-refractivity contribution in [3.05, 3.63) is 0 Å². The van der Waals surface area contributed by atoms with Crippen molar-refractivity contribution >= 4 is 40.0 Å². The number of hydrogen-bond donors (Lipinski definition) is 2. The van der Waals surface area contributed by atoms with E-state index < -0.39 is 15.5 Å². The summed E-state index contributed by atoms with van der Waals surface area (Å²) in [5, 5.41) is 6.46. The van der Waals surface area contributed by atoms with E-state index in [2.05, 4.69) is 27.4 Å². The van der Waals surface area contributed by atoms with Crippen LogP contribution in [0.4, 0.5) is 13.2 Å². The molecule has 0 aromatic rings. The Morgan fingerprint density at radius 1 is 1.19 bits per heavy atom. The Balaban J connectivity index is 0.00000364. The van der Waals surface area contributed by atoms with E-state index in [9.17, 15) is 21.6 Å². The molecule has 2 N–H and O–H groups in total. The third kappa shape index (κ3) is 6.60. The molecular formula is C15H29F3IN5O2S. The zero-order valence-corrected chi connectivity index (χ0v) is 18.8. The lowest BCUT2D eigenvalue weighted by atomic mass is 10.1. The van der Waals surface area contributed by atoms with Crippen LogP contribution in [0.15, 0.2) is 4.99 Å². The van der Waals surface area contributed by atoms with Gasteiger partial charge in [0.05, 0.1) is 0 Å². The summed E-state index contributed by atoms with van der Waals surface area (Å²) in [6.07, 6.45) is 1.75. The Bertz CT molecular complexity index is 595. The van der Waals surface area contributed by atoms with Gasteiger partial charge < -0.3 is 15.5 Å². The molecule has 27 heavy (non-hydrogen) atoms. The van der Waals surface area contributed by atoms with E-state index in [1.807, 2.05) is 0 Å². The van der Waals surface area contributed by atoms with Gasteiger partial charge in [0.15, 0.2) is 5.96 Å². The minimum atomic E-state index is -5.24. The van der Waals surface area contributed by atoms with Crippen LogP contribution in [0, 0.1) is 5.92 Å². The molecule has 0 aliphatic carbocycles. The van der Waals surface area contributed by atoms with Gasteiger partial charge in [-0.1, -0.05) is 6.92 Å². The SMILES string of the molecule is CCN1CCC(CNC(=NC)NC2CCN(S(=O)(=O)C(F)(F)F)CC2)C1.I. The molecule has 7 nitrogen and oxygen atoms in total. The fraction of sp³-hybridized carbons (Fsp3) is 0.933. The topological polar surface area (TPSA) is 77.0 Å². The second-order valence-corrected chi connectivity index (χ2v) is 8.70. The molecule has 2 rings (SSSR count). The monoisotopic (exact) mass is 527 g/mol. The van der Waals surface area contributed by atoms with Crippen molar-refractivity contribution in [2.24, 2.45) is 10.9 Å². The standard InChI is InChI=1S/C15H28F3N5O2S.HI/c1-3-22-7-4-12(11-22)10-20-14(19-2)21-13-5-8-23(9-6-13)26(24,25)15(16,17)18;/h12-13H,3-11H2,1-2H3,(H2,19,20,21);1H. The molecule has 0 amide bonds. The molecule has 1 atom stereocenters. The summed E-state index contributed by atoms with van der Waals surface area (Å²) in [6, 6.07) is -0.100. The Morgan fingerprint density at radius 2 is 1.81 bits per heavy atom. The van der Waals surface area contributed by atoms with Gasteiger partial charge in [-0.3, -0.25) is 4.99 Å². The molecule has 2 aliphatic rings. The van der Waals surface area contributed by atoms with Crippen molar-refractivity contribution in [2.75, 3.05) is 46.3 Å². The van der Waals surface area contributed by atoms with Crippen LogP contribution in [0.1, 0.15) is 26.2 Å². The van der Waals surface area contributed by atoms with Gasteiger partial charge in [-0.2, -0.15) is 17.5 Å². The predicted molar refractivity (Wildman–Crippen MR) is 110 cm³/mol. The zero-order chi connectivity index (χ0) is 19.4. The van der Waals surface area contributed by atoms with Crippen molar-refractivity contribution in [2.45, 2.75) is 37.7 Å². The molecule has 0 bridgehead atoms. The highest BCUT2D eigenvalue weighted by atomic mass is 127. The van der Waals surface area contributed by atoms with Gasteiger partial charge in [-0.25, -0.2) is 8.42 Å². The van der Waals surface area contributed by atoms with Crippen molar-refractivity contribution in [1.82, 2.24) is 19.8 Å². The predicted octanol–water partition coefficient (Wildman–Crippen LogP) is 1.43. The quantitative estimate of drug-likeness (QED) is 0.322. The smallest absolute Gasteiger partial charge is 0.356 e. The zero-order valence-electron chi connectivity index (χ0n) is 15.6. The maximum absolute atomic E-state index is 12.6. The fourth-order valence-electron chi connectivity index (χ4n) is 3.38. The van der Waals surface area contributed by atoms with Crippen LogP contribution >= 0.6 is 24.0 Å². The lowest BCUT2D eigenvalue weighted by molar-refractivity contribution is -0.0494.